The number of halogens is 3. The van der Waals surface area contributed by atoms with E-state index in [2.05, 4.69) is 0 Å². The Labute approximate surface area is 227 Å². The van der Waals surface area contributed by atoms with Gasteiger partial charge in [0, 0.05) is 25.6 Å². The molecule has 0 fully saturated rings. The van der Waals surface area contributed by atoms with Gasteiger partial charge < -0.3 is 13.9 Å². The van der Waals surface area contributed by atoms with Crippen molar-refractivity contribution >= 4 is 26.1 Å². The second-order valence-corrected chi connectivity index (χ2v) is 15.8. The Morgan fingerprint density at radius 3 is 1.90 bits per heavy atom. The Kier molecular flexibility index (Phi) is 8.78. The van der Waals surface area contributed by atoms with Gasteiger partial charge in [-0.05, 0) is 30.3 Å². The number of carbonyl (C=O) groups excluding carboxylic acids is 3. The fourth-order valence-corrected chi connectivity index (χ4v) is 5.07. The molecule has 1 heterocycles. The van der Waals surface area contributed by atoms with Gasteiger partial charge in [-0.15, -0.1) is 0 Å². The van der Waals surface area contributed by atoms with Crippen molar-refractivity contribution in [2.24, 2.45) is 0 Å². The lowest BCUT2D eigenvalue weighted by molar-refractivity contribution is -0.278. The quantitative estimate of drug-likeness (QED) is 0.209. The van der Waals surface area contributed by atoms with Crippen molar-refractivity contribution in [1.29, 1.82) is 0 Å². The summed E-state index contributed by atoms with van der Waals surface area (Å²) >= 11 is 0. The van der Waals surface area contributed by atoms with Crippen LogP contribution < -0.4 is 0 Å². The molecular weight excluding hydrogens is 531 g/mol. The smallest absolute Gasteiger partial charge is 0.432 e. The van der Waals surface area contributed by atoms with Gasteiger partial charge in [0.2, 0.25) is 0 Å². The number of alkyl halides is 3. The second-order valence-electron chi connectivity index (χ2n) is 10.9. The lowest BCUT2D eigenvalue weighted by atomic mass is 9.92. The van der Waals surface area contributed by atoms with Crippen LogP contribution in [0.2, 0.25) is 18.1 Å². The van der Waals surface area contributed by atoms with Crippen LogP contribution >= 0.6 is 0 Å². The van der Waals surface area contributed by atoms with Crippen molar-refractivity contribution in [2.75, 3.05) is 20.3 Å². The first-order chi connectivity index (χ1) is 18.1. The van der Waals surface area contributed by atoms with E-state index in [1.807, 2.05) is 33.9 Å². The number of ether oxygens (including phenoxy) is 2. The summed E-state index contributed by atoms with van der Waals surface area (Å²) in [5, 5.41) is -0.226. The molecule has 2 amide bonds. The van der Waals surface area contributed by atoms with E-state index < -0.39 is 49.5 Å². The molecular formula is C28H34F3NO6Si. The zero-order chi connectivity index (χ0) is 29.2. The van der Waals surface area contributed by atoms with Gasteiger partial charge in [0.1, 0.15) is 6.10 Å². The normalized spacial score (nSPS) is 16.6. The third-order valence-corrected chi connectivity index (χ3v) is 11.9. The fraction of sp³-hybridized carbons (Fsp3) is 0.464. The number of esters is 1. The highest BCUT2D eigenvalue weighted by Gasteiger charge is 2.64. The van der Waals surface area contributed by atoms with Crippen LogP contribution in [-0.2, 0) is 24.3 Å². The number of rotatable bonds is 10. The van der Waals surface area contributed by atoms with Crippen molar-refractivity contribution in [2.45, 2.75) is 63.2 Å². The highest BCUT2D eigenvalue weighted by Crippen LogP contribution is 2.43. The molecule has 2 aromatic rings. The minimum Gasteiger partial charge on any atom is -0.457 e. The van der Waals surface area contributed by atoms with Crippen LogP contribution in [0.1, 0.15) is 53.5 Å². The molecule has 2 atom stereocenters. The molecule has 0 aliphatic carbocycles. The molecule has 39 heavy (non-hydrogen) atoms. The van der Waals surface area contributed by atoms with Gasteiger partial charge >= 0.3 is 12.1 Å². The van der Waals surface area contributed by atoms with Crippen LogP contribution in [0.4, 0.5) is 13.2 Å². The molecule has 11 heteroatoms. The molecule has 0 aromatic heterocycles. The van der Waals surface area contributed by atoms with Gasteiger partial charge in [0.05, 0.1) is 17.7 Å². The maximum absolute atomic E-state index is 14.4. The van der Waals surface area contributed by atoms with E-state index in [-0.39, 0.29) is 35.7 Å². The lowest BCUT2D eigenvalue weighted by Gasteiger charge is -2.38. The van der Waals surface area contributed by atoms with E-state index in [4.69, 9.17) is 13.9 Å². The number of methoxy groups -OCH3 is 1. The minimum atomic E-state index is -5.15. The molecule has 0 spiro atoms. The van der Waals surface area contributed by atoms with E-state index in [0.717, 1.165) is 24.1 Å². The Bertz CT molecular complexity index is 1180. The first-order valence-corrected chi connectivity index (χ1v) is 15.5. The number of benzene rings is 2. The third-order valence-electron chi connectivity index (χ3n) is 7.44. The molecule has 0 radical (unpaired) electrons. The Hall–Kier alpha value is -3.02. The summed E-state index contributed by atoms with van der Waals surface area (Å²) in [4.78, 5) is 40.0. The molecule has 1 aliphatic heterocycles. The second kappa shape index (κ2) is 11.2. The first kappa shape index (κ1) is 30.5. The highest BCUT2D eigenvalue weighted by molar-refractivity contribution is 6.74. The molecule has 0 unspecified atom stereocenters. The lowest BCUT2D eigenvalue weighted by Crippen LogP contribution is -2.53. The largest absolute Gasteiger partial charge is 0.457 e. The number of fused-ring (bicyclic) bond motifs is 1. The first-order valence-electron chi connectivity index (χ1n) is 12.5. The standard InChI is InChI=1S/C28H34F3NO6Si/c1-26(2,3)39(5,6)37-18-20(16-17-32-23(33)21-14-10-11-15-22(21)24(32)34)38-25(35)27(36-4,28(29,30)31)19-12-8-7-9-13-19/h7-15,20H,16-18H2,1-6H3/t20-,27+/m0/s1. The summed E-state index contributed by atoms with van der Waals surface area (Å²) in [7, 11) is -1.61. The Balaban J connectivity index is 1.89. The third kappa shape index (κ3) is 5.95. The van der Waals surface area contributed by atoms with Crippen molar-refractivity contribution in [3.8, 4) is 0 Å². The molecule has 0 bridgehead atoms. The van der Waals surface area contributed by atoms with Crippen LogP contribution in [0.5, 0.6) is 0 Å². The maximum Gasteiger partial charge on any atom is 0.432 e. The molecule has 212 valence electrons. The van der Waals surface area contributed by atoms with Crippen LogP contribution in [-0.4, -0.2) is 63.5 Å². The van der Waals surface area contributed by atoms with Crippen molar-refractivity contribution in [1.82, 2.24) is 4.90 Å². The molecule has 7 nitrogen and oxygen atoms in total. The summed E-state index contributed by atoms with van der Waals surface area (Å²) in [5.74, 6) is -2.69. The van der Waals surface area contributed by atoms with Crippen molar-refractivity contribution < 1.29 is 41.5 Å². The Morgan fingerprint density at radius 1 is 0.923 bits per heavy atom. The molecule has 1 aliphatic rings. The van der Waals surface area contributed by atoms with E-state index in [1.165, 1.54) is 30.3 Å². The van der Waals surface area contributed by atoms with Crippen molar-refractivity contribution in [3.63, 3.8) is 0 Å². The van der Waals surface area contributed by atoms with Crippen molar-refractivity contribution in [3.05, 3.63) is 71.3 Å². The fourth-order valence-electron chi connectivity index (χ4n) is 4.03. The topological polar surface area (TPSA) is 82.1 Å². The number of imide groups is 1. The summed E-state index contributed by atoms with van der Waals surface area (Å²) in [6.45, 7) is 9.50. The van der Waals surface area contributed by atoms with E-state index >= 15 is 0 Å². The molecule has 3 rings (SSSR count). The predicted octanol–water partition coefficient (Wildman–Crippen LogP) is 5.71. The van der Waals surface area contributed by atoms with Crippen LogP contribution in [0.25, 0.3) is 0 Å². The predicted molar refractivity (Wildman–Crippen MR) is 141 cm³/mol. The minimum absolute atomic E-state index is 0.127. The van der Waals surface area contributed by atoms with Gasteiger partial charge in [0.15, 0.2) is 8.32 Å². The molecule has 0 saturated carbocycles. The van der Waals surface area contributed by atoms with Gasteiger partial charge in [-0.1, -0.05) is 63.2 Å². The van der Waals surface area contributed by atoms with E-state index in [0.29, 0.717) is 0 Å². The molecule has 0 N–H and O–H groups in total. The van der Waals surface area contributed by atoms with E-state index in [1.54, 1.807) is 12.1 Å². The molecule has 2 aromatic carbocycles. The maximum atomic E-state index is 14.4. The number of amides is 2. The zero-order valence-corrected chi connectivity index (χ0v) is 23.9. The summed E-state index contributed by atoms with van der Waals surface area (Å²) in [6, 6.07) is 12.9. The van der Waals surface area contributed by atoms with Gasteiger partial charge in [-0.25, -0.2) is 4.79 Å². The highest BCUT2D eigenvalue weighted by atomic mass is 28.4. The summed E-state index contributed by atoms with van der Waals surface area (Å²) in [5.41, 5.74) is -3.32. The monoisotopic (exact) mass is 565 g/mol. The van der Waals surface area contributed by atoms with E-state index in [9.17, 15) is 27.6 Å². The molecule has 0 saturated heterocycles. The average Bonchev–Trinajstić information content (AvgIpc) is 3.10. The van der Waals surface area contributed by atoms with Gasteiger partial charge in [-0.2, -0.15) is 13.2 Å². The number of nitrogens with zero attached hydrogens (tertiary/aromatic N) is 1. The summed E-state index contributed by atoms with van der Waals surface area (Å²) in [6.07, 6.45) is -6.47. The van der Waals surface area contributed by atoms with Crippen LogP contribution in [0.15, 0.2) is 54.6 Å². The summed E-state index contributed by atoms with van der Waals surface area (Å²) < 4.78 is 59.8. The zero-order valence-electron chi connectivity index (χ0n) is 22.9. The number of hydrogen-bond acceptors (Lipinski definition) is 6. The van der Waals surface area contributed by atoms with Crippen LogP contribution in [0, 0.1) is 0 Å². The van der Waals surface area contributed by atoms with Crippen LogP contribution in [0.3, 0.4) is 0 Å². The number of hydrogen-bond donors (Lipinski definition) is 0. The number of carbonyl (C=O) groups is 3. The van der Waals surface area contributed by atoms with Gasteiger partial charge in [-0.3, -0.25) is 14.5 Å². The average molecular weight is 566 g/mol. The SMILES string of the molecule is CO[C@@](C(=O)O[C@@H](CCN1C(=O)c2ccccc2C1=O)CO[Si](C)(C)C(C)(C)C)(c1ccccc1)C(F)(F)F. The van der Waals surface area contributed by atoms with Gasteiger partial charge in [0.25, 0.3) is 17.4 Å². The Morgan fingerprint density at radius 2 is 1.44 bits per heavy atom.